The molecule has 0 aliphatic heterocycles. The number of amides is 1. The van der Waals surface area contributed by atoms with Crippen LogP contribution in [0.5, 0.6) is 5.75 Å². The molecule has 17 heavy (non-hydrogen) atoms. The van der Waals surface area contributed by atoms with Crippen molar-refractivity contribution in [2.24, 2.45) is 0 Å². The summed E-state index contributed by atoms with van der Waals surface area (Å²) in [5.41, 5.74) is 1.69. The Morgan fingerprint density at radius 2 is 2.12 bits per heavy atom. The van der Waals surface area contributed by atoms with Crippen molar-refractivity contribution in [3.63, 3.8) is 0 Å². The number of thioether (sulfide) groups is 1. The Hall–Kier alpha value is -1.49. The van der Waals surface area contributed by atoms with E-state index in [-0.39, 0.29) is 11.2 Å². The van der Waals surface area contributed by atoms with Gasteiger partial charge in [0.05, 0.1) is 12.4 Å². The number of nitrogens with one attached hydrogen (secondary N) is 1. The van der Waals surface area contributed by atoms with Crippen molar-refractivity contribution in [1.82, 2.24) is 5.32 Å². The average Bonchev–Trinajstić information content (AvgIpc) is 2.38. The van der Waals surface area contributed by atoms with E-state index in [2.05, 4.69) is 5.32 Å². The largest absolute Gasteiger partial charge is 0.497 e. The third kappa shape index (κ3) is 4.11. The van der Waals surface area contributed by atoms with Gasteiger partial charge in [0.25, 0.3) is 0 Å². The maximum Gasteiger partial charge on any atom is 0.233 e. The van der Waals surface area contributed by atoms with Crippen molar-refractivity contribution in [2.75, 3.05) is 14.2 Å². The Balaban J connectivity index is 2.71. The second-order valence-electron chi connectivity index (χ2n) is 3.39. The van der Waals surface area contributed by atoms with E-state index < -0.39 is 0 Å². The molecular formula is C12H15NO3S. The number of hydrogen-bond acceptors (Lipinski definition) is 4. The van der Waals surface area contributed by atoms with E-state index in [1.54, 1.807) is 14.2 Å². The molecule has 0 saturated carbocycles. The first kappa shape index (κ1) is 13.6. The van der Waals surface area contributed by atoms with E-state index in [1.807, 2.05) is 24.3 Å². The zero-order valence-corrected chi connectivity index (χ0v) is 10.6. The summed E-state index contributed by atoms with van der Waals surface area (Å²) >= 11 is 0.990. The number of hydrogen-bond donors (Lipinski definition) is 1. The van der Waals surface area contributed by atoms with Gasteiger partial charge >= 0.3 is 0 Å². The highest BCUT2D eigenvalue weighted by Gasteiger charge is 2.17. The van der Waals surface area contributed by atoms with Crippen LogP contribution in [0.15, 0.2) is 24.3 Å². The lowest BCUT2D eigenvalue weighted by atomic mass is 10.1. The fourth-order valence-electron chi connectivity index (χ4n) is 1.41. The van der Waals surface area contributed by atoms with Crippen molar-refractivity contribution in [3.8, 4) is 5.75 Å². The number of benzene rings is 1. The van der Waals surface area contributed by atoms with Crippen LogP contribution in [0.2, 0.25) is 0 Å². The highest BCUT2D eigenvalue weighted by atomic mass is 32.2. The summed E-state index contributed by atoms with van der Waals surface area (Å²) in [5, 5.41) is 2.17. The maximum absolute atomic E-state index is 11.5. The van der Waals surface area contributed by atoms with E-state index in [0.717, 1.165) is 23.1 Å². The Morgan fingerprint density at radius 3 is 2.59 bits per heavy atom. The van der Waals surface area contributed by atoms with E-state index in [9.17, 15) is 9.59 Å². The molecule has 1 amide bonds. The molecule has 0 aliphatic rings. The predicted octanol–water partition coefficient (Wildman–Crippen LogP) is 1.28. The first-order valence-electron chi connectivity index (χ1n) is 5.15. The lowest BCUT2D eigenvalue weighted by Gasteiger charge is -2.12. The molecule has 0 spiro atoms. The zero-order chi connectivity index (χ0) is 12.7. The first-order chi connectivity index (χ1) is 8.21. The van der Waals surface area contributed by atoms with Gasteiger partial charge in [0, 0.05) is 7.05 Å². The summed E-state index contributed by atoms with van der Waals surface area (Å²) in [5.74, 6) is 0.631. The van der Waals surface area contributed by atoms with Gasteiger partial charge < -0.3 is 10.1 Å². The number of methoxy groups -OCH3 is 1. The Morgan fingerprint density at radius 1 is 1.47 bits per heavy atom. The smallest absolute Gasteiger partial charge is 0.233 e. The fourth-order valence-corrected chi connectivity index (χ4v) is 2.07. The molecule has 1 unspecified atom stereocenters. The van der Waals surface area contributed by atoms with Gasteiger partial charge in [-0.3, -0.25) is 9.59 Å². The molecule has 0 radical (unpaired) electrons. The normalized spacial score (nSPS) is 11.6. The minimum Gasteiger partial charge on any atom is -0.497 e. The number of carbonyl (C=O) groups excluding carboxylic acids is 2. The minimum absolute atomic E-state index is 0.141. The van der Waals surface area contributed by atoms with Crippen LogP contribution in [-0.4, -0.2) is 30.9 Å². The van der Waals surface area contributed by atoms with Gasteiger partial charge in [-0.05, 0) is 24.1 Å². The van der Waals surface area contributed by atoms with E-state index in [4.69, 9.17) is 4.74 Å². The monoisotopic (exact) mass is 253 g/mol. The van der Waals surface area contributed by atoms with Crippen LogP contribution in [-0.2, 0) is 16.0 Å². The summed E-state index contributed by atoms with van der Waals surface area (Å²) in [6.07, 6.45) is 0.521. The van der Waals surface area contributed by atoms with Crippen LogP contribution in [0.1, 0.15) is 5.56 Å². The van der Waals surface area contributed by atoms with E-state index in [1.165, 1.54) is 0 Å². The topological polar surface area (TPSA) is 55.4 Å². The van der Waals surface area contributed by atoms with Gasteiger partial charge in [-0.1, -0.05) is 23.9 Å². The SMILES string of the molecule is CNC(=O)C(Cc1ccc(OC)cc1)SC=O. The summed E-state index contributed by atoms with van der Waals surface area (Å²) < 4.78 is 5.05. The van der Waals surface area contributed by atoms with Crippen molar-refractivity contribution >= 4 is 23.3 Å². The van der Waals surface area contributed by atoms with Crippen molar-refractivity contribution in [1.29, 1.82) is 0 Å². The molecule has 1 rings (SSSR count). The second kappa shape index (κ2) is 6.96. The van der Waals surface area contributed by atoms with Gasteiger partial charge in [0.1, 0.15) is 5.75 Å². The van der Waals surface area contributed by atoms with E-state index in [0.29, 0.717) is 12.0 Å². The Bertz CT molecular complexity index is 378. The van der Waals surface area contributed by atoms with Crippen LogP contribution in [0, 0.1) is 0 Å². The Kier molecular flexibility index (Phi) is 5.56. The van der Waals surface area contributed by atoms with Crippen LogP contribution in [0.25, 0.3) is 0 Å². The van der Waals surface area contributed by atoms with Gasteiger partial charge in [0.2, 0.25) is 5.91 Å². The predicted molar refractivity (Wildman–Crippen MR) is 68.9 cm³/mol. The first-order valence-corrected chi connectivity index (χ1v) is 6.09. The van der Waals surface area contributed by atoms with Crippen molar-refractivity contribution in [3.05, 3.63) is 29.8 Å². The maximum atomic E-state index is 11.5. The van der Waals surface area contributed by atoms with Crippen molar-refractivity contribution in [2.45, 2.75) is 11.7 Å². The van der Waals surface area contributed by atoms with Gasteiger partial charge in [-0.15, -0.1) is 0 Å². The fraction of sp³-hybridized carbons (Fsp3) is 0.333. The molecule has 1 N–H and O–H groups in total. The number of ether oxygens (including phenoxy) is 1. The molecule has 5 heteroatoms. The van der Waals surface area contributed by atoms with Crippen molar-refractivity contribution < 1.29 is 14.3 Å². The molecule has 0 fully saturated rings. The molecule has 1 aromatic rings. The van der Waals surface area contributed by atoms with Crippen LogP contribution in [0.3, 0.4) is 0 Å². The molecule has 0 heterocycles. The molecule has 1 atom stereocenters. The molecule has 4 nitrogen and oxygen atoms in total. The van der Waals surface area contributed by atoms with Crippen LogP contribution < -0.4 is 10.1 Å². The van der Waals surface area contributed by atoms with Crippen LogP contribution in [0.4, 0.5) is 0 Å². The summed E-state index contributed by atoms with van der Waals surface area (Å²) in [7, 11) is 3.17. The summed E-state index contributed by atoms with van der Waals surface area (Å²) in [6, 6.07) is 7.45. The molecule has 92 valence electrons. The molecular weight excluding hydrogens is 238 g/mol. The molecule has 1 aromatic carbocycles. The van der Waals surface area contributed by atoms with Gasteiger partial charge in [-0.25, -0.2) is 0 Å². The summed E-state index contributed by atoms with van der Waals surface area (Å²) in [4.78, 5) is 22.0. The second-order valence-corrected chi connectivity index (χ2v) is 4.42. The molecule has 0 bridgehead atoms. The quantitative estimate of drug-likeness (QED) is 0.776. The third-order valence-electron chi connectivity index (χ3n) is 2.34. The number of carbonyl (C=O) groups is 2. The molecule has 0 saturated heterocycles. The molecule has 0 aliphatic carbocycles. The zero-order valence-electron chi connectivity index (χ0n) is 9.80. The van der Waals surface area contributed by atoms with E-state index >= 15 is 0 Å². The lowest BCUT2D eigenvalue weighted by Crippen LogP contribution is -2.31. The molecule has 0 aromatic heterocycles. The number of rotatable bonds is 6. The van der Waals surface area contributed by atoms with Gasteiger partial charge in [0.15, 0.2) is 5.62 Å². The van der Waals surface area contributed by atoms with Gasteiger partial charge in [-0.2, -0.15) is 0 Å². The lowest BCUT2D eigenvalue weighted by molar-refractivity contribution is -0.120. The minimum atomic E-state index is -0.383. The Labute approximate surface area is 105 Å². The summed E-state index contributed by atoms with van der Waals surface area (Å²) in [6.45, 7) is 0. The third-order valence-corrected chi connectivity index (χ3v) is 3.16. The van der Waals surface area contributed by atoms with Crippen LogP contribution >= 0.6 is 11.8 Å². The highest BCUT2D eigenvalue weighted by molar-refractivity contribution is 8.13. The average molecular weight is 253 g/mol. The standard InChI is InChI=1S/C12H15NO3S/c1-13-12(15)11(17-8-14)7-9-3-5-10(16-2)6-4-9/h3-6,8,11H,7H2,1-2H3,(H,13,15). The highest BCUT2D eigenvalue weighted by Crippen LogP contribution is 2.17.